The summed E-state index contributed by atoms with van der Waals surface area (Å²) in [6.07, 6.45) is 2.01. The lowest BCUT2D eigenvalue weighted by molar-refractivity contribution is -0.127. The van der Waals surface area contributed by atoms with E-state index in [1.165, 1.54) is 0 Å². The van der Waals surface area contributed by atoms with Gasteiger partial charge in [0, 0.05) is 39.8 Å². The molecule has 1 fully saturated rings. The summed E-state index contributed by atoms with van der Waals surface area (Å²) in [5.74, 6) is 1.58. The zero-order valence-corrected chi connectivity index (χ0v) is 19.0. The predicted octanol–water partition coefficient (Wildman–Crippen LogP) is 1.93. The largest absolute Gasteiger partial charge is 0.495 e. The molecule has 8 heteroatoms. The van der Waals surface area contributed by atoms with Gasteiger partial charge >= 0.3 is 0 Å². The molecule has 2 N–H and O–H groups in total. The number of methoxy groups -OCH3 is 1. The highest BCUT2D eigenvalue weighted by atomic mass is 127. The lowest BCUT2D eigenvalue weighted by Gasteiger charge is -2.22. The molecule has 0 bridgehead atoms. The van der Waals surface area contributed by atoms with Crippen LogP contribution in [0, 0.1) is 0 Å². The second-order valence-corrected chi connectivity index (χ2v) is 6.63. The average Bonchev–Trinajstić information content (AvgIpc) is 3.11. The van der Waals surface area contributed by atoms with Gasteiger partial charge < -0.3 is 25.2 Å². The van der Waals surface area contributed by atoms with Gasteiger partial charge in [-0.3, -0.25) is 4.79 Å². The van der Waals surface area contributed by atoms with Gasteiger partial charge in [0.15, 0.2) is 5.96 Å². The number of likely N-dealkylation sites (N-methyl/N-ethyl adjacent to an activating group) is 1. The molecule has 1 atom stereocenters. The van der Waals surface area contributed by atoms with E-state index in [0.717, 1.165) is 43.9 Å². The molecule has 0 radical (unpaired) electrons. The number of anilines is 1. The Balaban J connectivity index is 0.00000364. The van der Waals surface area contributed by atoms with Crippen molar-refractivity contribution in [2.24, 2.45) is 4.99 Å². The standard InChI is InChI=1S/C19H31N5O2.HI/c1-5-11-20-19(21-13-18(25)23(2)3)22-15-10-12-24(14-15)16-8-6-7-9-17(16)26-4;/h6-9,15H,5,10-14H2,1-4H3,(H2,20,21,22);1H. The molecule has 1 aromatic rings. The fourth-order valence-electron chi connectivity index (χ4n) is 2.87. The molecule has 27 heavy (non-hydrogen) atoms. The van der Waals surface area contributed by atoms with Crippen LogP contribution in [-0.4, -0.2) is 70.2 Å². The van der Waals surface area contributed by atoms with Gasteiger partial charge in [0.2, 0.25) is 5.91 Å². The minimum atomic E-state index is -0.00957. The summed E-state index contributed by atoms with van der Waals surface area (Å²) < 4.78 is 5.47. The third kappa shape index (κ3) is 7.08. The second kappa shape index (κ2) is 11.9. The lowest BCUT2D eigenvalue weighted by atomic mass is 10.2. The maximum atomic E-state index is 11.8. The summed E-state index contributed by atoms with van der Waals surface area (Å²) in [5.41, 5.74) is 1.11. The molecule has 0 aliphatic carbocycles. The summed E-state index contributed by atoms with van der Waals surface area (Å²) >= 11 is 0. The zero-order chi connectivity index (χ0) is 18.9. The van der Waals surface area contributed by atoms with Gasteiger partial charge in [-0.05, 0) is 25.0 Å². The number of nitrogens with zero attached hydrogens (tertiary/aromatic N) is 3. The maximum absolute atomic E-state index is 11.8. The van der Waals surface area contributed by atoms with Gasteiger partial charge in [0.1, 0.15) is 12.3 Å². The number of halogens is 1. The summed E-state index contributed by atoms with van der Waals surface area (Å²) in [6.45, 7) is 4.90. The van der Waals surface area contributed by atoms with E-state index in [1.807, 2.05) is 18.2 Å². The van der Waals surface area contributed by atoms with Crippen LogP contribution >= 0.6 is 24.0 Å². The van der Waals surface area contributed by atoms with Crippen LogP contribution in [0.15, 0.2) is 29.3 Å². The van der Waals surface area contributed by atoms with Crippen molar-refractivity contribution in [2.45, 2.75) is 25.8 Å². The molecule has 2 rings (SSSR count). The molecule has 152 valence electrons. The Hall–Kier alpha value is -1.71. The fraction of sp³-hybridized carbons (Fsp3) is 0.579. The topological polar surface area (TPSA) is 69.2 Å². The molecule has 1 aliphatic heterocycles. The first-order valence-electron chi connectivity index (χ1n) is 9.18. The number of hydrogen-bond acceptors (Lipinski definition) is 4. The Morgan fingerprint density at radius 2 is 2.11 bits per heavy atom. The number of benzene rings is 1. The van der Waals surface area contributed by atoms with Gasteiger partial charge in [-0.15, -0.1) is 24.0 Å². The smallest absolute Gasteiger partial charge is 0.243 e. The van der Waals surface area contributed by atoms with Crippen LogP contribution in [0.1, 0.15) is 19.8 Å². The van der Waals surface area contributed by atoms with E-state index in [-0.39, 0.29) is 42.5 Å². The number of guanidine groups is 1. The lowest BCUT2D eigenvalue weighted by Crippen LogP contribution is -2.45. The molecule has 7 nitrogen and oxygen atoms in total. The maximum Gasteiger partial charge on any atom is 0.243 e. The molecule has 0 saturated carbocycles. The van der Waals surface area contributed by atoms with Crippen molar-refractivity contribution in [3.63, 3.8) is 0 Å². The number of carbonyl (C=O) groups is 1. The van der Waals surface area contributed by atoms with E-state index in [0.29, 0.717) is 5.96 Å². The van der Waals surface area contributed by atoms with Crippen molar-refractivity contribution in [1.29, 1.82) is 0 Å². The van der Waals surface area contributed by atoms with Gasteiger partial charge in [-0.2, -0.15) is 0 Å². The van der Waals surface area contributed by atoms with E-state index < -0.39 is 0 Å². The molecule has 1 unspecified atom stereocenters. The molecular weight excluding hydrogens is 457 g/mol. The average molecular weight is 489 g/mol. The van der Waals surface area contributed by atoms with Crippen LogP contribution in [0.4, 0.5) is 5.69 Å². The highest BCUT2D eigenvalue weighted by Gasteiger charge is 2.25. The number of carbonyl (C=O) groups excluding carboxylic acids is 1. The fourth-order valence-corrected chi connectivity index (χ4v) is 2.87. The number of aliphatic imine (C=N–C) groups is 1. The Morgan fingerprint density at radius 1 is 1.37 bits per heavy atom. The van der Waals surface area contributed by atoms with Crippen molar-refractivity contribution < 1.29 is 9.53 Å². The third-order valence-electron chi connectivity index (χ3n) is 4.37. The molecule has 1 amide bonds. The van der Waals surface area contributed by atoms with Crippen LogP contribution in [0.25, 0.3) is 0 Å². The van der Waals surface area contributed by atoms with Crippen LogP contribution in [0.5, 0.6) is 5.75 Å². The summed E-state index contributed by atoms with van der Waals surface area (Å²) in [4.78, 5) is 20.1. The van der Waals surface area contributed by atoms with E-state index >= 15 is 0 Å². The van der Waals surface area contributed by atoms with Crippen LogP contribution < -0.4 is 20.3 Å². The highest BCUT2D eigenvalue weighted by molar-refractivity contribution is 14.0. The Labute approximate surface area is 179 Å². The van der Waals surface area contributed by atoms with Crippen LogP contribution in [-0.2, 0) is 4.79 Å². The predicted molar refractivity (Wildman–Crippen MR) is 121 cm³/mol. The monoisotopic (exact) mass is 489 g/mol. The summed E-state index contributed by atoms with van der Waals surface area (Å²) in [6, 6.07) is 8.36. The van der Waals surface area contributed by atoms with Gasteiger partial charge in [-0.1, -0.05) is 19.1 Å². The van der Waals surface area contributed by atoms with E-state index in [1.54, 1.807) is 26.1 Å². The summed E-state index contributed by atoms with van der Waals surface area (Å²) in [7, 11) is 5.19. The third-order valence-corrected chi connectivity index (χ3v) is 4.37. The van der Waals surface area contributed by atoms with Crippen molar-refractivity contribution in [1.82, 2.24) is 15.5 Å². The van der Waals surface area contributed by atoms with E-state index in [4.69, 9.17) is 4.74 Å². The van der Waals surface area contributed by atoms with Gasteiger partial charge in [0.05, 0.1) is 12.8 Å². The van der Waals surface area contributed by atoms with E-state index in [9.17, 15) is 4.79 Å². The van der Waals surface area contributed by atoms with Crippen molar-refractivity contribution in [3.8, 4) is 5.75 Å². The number of amides is 1. The molecule has 1 aliphatic rings. The second-order valence-electron chi connectivity index (χ2n) is 6.63. The van der Waals surface area contributed by atoms with E-state index in [2.05, 4.69) is 33.5 Å². The minimum Gasteiger partial charge on any atom is -0.495 e. The molecule has 0 spiro atoms. The number of hydrogen-bond donors (Lipinski definition) is 2. The normalized spacial score (nSPS) is 16.5. The van der Waals surface area contributed by atoms with Crippen molar-refractivity contribution in [3.05, 3.63) is 24.3 Å². The first kappa shape index (κ1) is 23.3. The van der Waals surface area contributed by atoms with Crippen molar-refractivity contribution >= 4 is 41.5 Å². The summed E-state index contributed by atoms with van der Waals surface area (Å²) in [5, 5.41) is 6.76. The van der Waals surface area contributed by atoms with Gasteiger partial charge in [0.25, 0.3) is 0 Å². The molecule has 1 aromatic carbocycles. The van der Waals surface area contributed by atoms with Crippen molar-refractivity contribution in [2.75, 3.05) is 52.3 Å². The molecular formula is C19H32IN5O2. The zero-order valence-electron chi connectivity index (χ0n) is 16.7. The number of para-hydroxylation sites is 2. The van der Waals surface area contributed by atoms with Crippen LogP contribution in [0.2, 0.25) is 0 Å². The van der Waals surface area contributed by atoms with Gasteiger partial charge in [-0.25, -0.2) is 4.99 Å². The SMILES string of the molecule is CCCNC(=NCC(=O)N(C)C)NC1CCN(c2ccccc2OC)C1.I. The first-order chi connectivity index (χ1) is 12.5. The first-order valence-corrected chi connectivity index (χ1v) is 9.18. The Morgan fingerprint density at radius 3 is 2.78 bits per heavy atom. The molecule has 0 aromatic heterocycles. The Bertz CT molecular complexity index is 624. The highest BCUT2D eigenvalue weighted by Crippen LogP contribution is 2.30. The molecule has 1 saturated heterocycles. The number of ether oxygens (including phenoxy) is 1. The quantitative estimate of drug-likeness (QED) is 0.348. The minimum absolute atomic E-state index is 0. The molecule has 1 heterocycles. The number of rotatable bonds is 7. The Kier molecular flexibility index (Phi) is 10.3. The van der Waals surface area contributed by atoms with Crippen LogP contribution in [0.3, 0.4) is 0 Å². The number of nitrogens with one attached hydrogen (secondary N) is 2.